The van der Waals surface area contributed by atoms with Crippen LogP contribution < -0.4 is 4.74 Å². The number of amides is 1. The number of benzene rings is 2. The summed E-state index contributed by atoms with van der Waals surface area (Å²) in [4.78, 5) is 15.2. The minimum Gasteiger partial charge on any atom is -0.493 e. The van der Waals surface area contributed by atoms with E-state index >= 15 is 0 Å². The van der Waals surface area contributed by atoms with Crippen molar-refractivity contribution in [2.45, 2.75) is 19.9 Å². The largest absolute Gasteiger partial charge is 0.493 e. The molecule has 0 spiro atoms. The first-order valence-corrected chi connectivity index (χ1v) is 9.38. The van der Waals surface area contributed by atoms with Gasteiger partial charge in [-0.15, -0.1) is 0 Å². The van der Waals surface area contributed by atoms with E-state index in [9.17, 15) is 4.79 Å². The van der Waals surface area contributed by atoms with Crippen LogP contribution in [0.15, 0.2) is 59.5 Å². The normalized spacial score (nSPS) is 17.2. The highest BCUT2D eigenvalue weighted by Crippen LogP contribution is 2.38. The lowest BCUT2D eigenvalue weighted by molar-refractivity contribution is -0.123. The van der Waals surface area contributed by atoms with Gasteiger partial charge in [-0.2, -0.15) is 0 Å². The number of hydrogen-bond acceptors (Lipinski definition) is 4. The fourth-order valence-corrected chi connectivity index (χ4v) is 4.13. The van der Waals surface area contributed by atoms with Gasteiger partial charge in [-0.1, -0.05) is 72.5 Å². The molecule has 128 valence electrons. The van der Waals surface area contributed by atoms with Crippen molar-refractivity contribution < 1.29 is 9.53 Å². The minimum atomic E-state index is -0.0956. The molecule has 1 aliphatic heterocycles. The molecule has 0 bridgehead atoms. The van der Waals surface area contributed by atoms with Gasteiger partial charge in [0.1, 0.15) is 10.1 Å². The van der Waals surface area contributed by atoms with Crippen LogP contribution in [0.5, 0.6) is 5.75 Å². The molecule has 1 heterocycles. The van der Waals surface area contributed by atoms with Gasteiger partial charge in [0, 0.05) is 5.56 Å². The van der Waals surface area contributed by atoms with Gasteiger partial charge in [0.15, 0.2) is 0 Å². The highest BCUT2D eigenvalue weighted by molar-refractivity contribution is 8.26. The van der Waals surface area contributed by atoms with Crippen LogP contribution in [0.2, 0.25) is 0 Å². The first-order chi connectivity index (χ1) is 12.1. The molecule has 2 aromatic rings. The van der Waals surface area contributed by atoms with Gasteiger partial charge in [-0.05, 0) is 31.6 Å². The second-order valence-electron chi connectivity index (χ2n) is 5.61. The van der Waals surface area contributed by atoms with Crippen molar-refractivity contribution >= 4 is 40.3 Å². The number of carbonyl (C=O) groups is 1. The molecule has 3 nitrogen and oxygen atoms in total. The number of carbonyl (C=O) groups excluding carboxylic acids is 1. The van der Waals surface area contributed by atoms with Crippen molar-refractivity contribution in [2.24, 2.45) is 0 Å². The van der Waals surface area contributed by atoms with Gasteiger partial charge in [-0.25, -0.2) is 0 Å². The molecular formula is C20H19NO2S2. The molecule has 1 atom stereocenters. The van der Waals surface area contributed by atoms with Crippen LogP contribution in [0.3, 0.4) is 0 Å². The molecule has 0 unspecified atom stereocenters. The standard InChI is InChI=1S/C20H19NO2S2/c1-3-23-17-12-8-7-11-16(17)13-18-19(22)21(20(24)25-18)14(2)15-9-5-4-6-10-15/h4-14H,3H2,1-2H3/b18-13-/t14-/m0/s1. The second-order valence-corrected chi connectivity index (χ2v) is 7.28. The zero-order valence-electron chi connectivity index (χ0n) is 14.1. The van der Waals surface area contributed by atoms with Gasteiger partial charge in [0.25, 0.3) is 5.91 Å². The Morgan fingerprint density at radius 3 is 2.56 bits per heavy atom. The Balaban J connectivity index is 1.89. The molecular weight excluding hydrogens is 350 g/mol. The lowest BCUT2D eigenvalue weighted by atomic mass is 10.1. The fraction of sp³-hybridized carbons (Fsp3) is 0.200. The van der Waals surface area contributed by atoms with E-state index in [1.807, 2.05) is 74.5 Å². The number of para-hydroxylation sites is 1. The quantitative estimate of drug-likeness (QED) is 0.545. The molecule has 1 saturated heterocycles. The first kappa shape index (κ1) is 17.7. The van der Waals surface area contributed by atoms with Crippen LogP contribution in [-0.4, -0.2) is 21.7 Å². The lowest BCUT2D eigenvalue weighted by Gasteiger charge is -2.23. The smallest absolute Gasteiger partial charge is 0.266 e. The summed E-state index contributed by atoms with van der Waals surface area (Å²) in [6, 6.07) is 17.5. The highest BCUT2D eigenvalue weighted by Gasteiger charge is 2.36. The predicted molar refractivity (Wildman–Crippen MR) is 107 cm³/mol. The van der Waals surface area contributed by atoms with Crippen LogP contribution in [0.4, 0.5) is 0 Å². The summed E-state index contributed by atoms with van der Waals surface area (Å²) < 4.78 is 6.23. The summed E-state index contributed by atoms with van der Waals surface area (Å²) >= 11 is 6.81. The molecule has 0 radical (unpaired) electrons. The van der Waals surface area contributed by atoms with Crippen LogP contribution in [-0.2, 0) is 4.79 Å². The molecule has 1 aliphatic rings. The van der Waals surface area contributed by atoms with Crippen LogP contribution >= 0.6 is 24.0 Å². The van der Waals surface area contributed by atoms with Crippen molar-refractivity contribution in [2.75, 3.05) is 6.61 Å². The Labute approximate surface area is 157 Å². The van der Waals surface area contributed by atoms with E-state index in [1.54, 1.807) is 4.90 Å². The summed E-state index contributed by atoms with van der Waals surface area (Å²) in [6.07, 6.45) is 1.86. The molecule has 0 aliphatic carbocycles. The van der Waals surface area contributed by atoms with Crippen molar-refractivity contribution in [3.8, 4) is 5.75 Å². The molecule has 0 aromatic heterocycles. The van der Waals surface area contributed by atoms with E-state index in [1.165, 1.54) is 11.8 Å². The Kier molecular flexibility index (Phi) is 5.56. The summed E-state index contributed by atoms with van der Waals surface area (Å²) in [5.74, 6) is 0.712. The number of ether oxygens (including phenoxy) is 1. The van der Waals surface area contributed by atoms with E-state index in [0.717, 1.165) is 16.9 Å². The molecule has 0 N–H and O–H groups in total. The fourth-order valence-electron chi connectivity index (χ4n) is 2.72. The minimum absolute atomic E-state index is 0.0577. The van der Waals surface area contributed by atoms with E-state index in [4.69, 9.17) is 17.0 Å². The summed E-state index contributed by atoms with van der Waals surface area (Å²) in [7, 11) is 0. The number of thioether (sulfide) groups is 1. The average molecular weight is 370 g/mol. The van der Waals surface area contributed by atoms with E-state index in [2.05, 4.69) is 0 Å². The summed E-state index contributed by atoms with van der Waals surface area (Å²) in [5.41, 5.74) is 1.95. The van der Waals surface area contributed by atoms with E-state index in [0.29, 0.717) is 15.8 Å². The van der Waals surface area contributed by atoms with Crippen molar-refractivity contribution in [3.63, 3.8) is 0 Å². The van der Waals surface area contributed by atoms with Gasteiger partial charge in [0.05, 0.1) is 17.6 Å². The number of thiocarbonyl (C=S) groups is 1. The topological polar surface area (TPSA) is 29.5 Å². The second kappa shape index (κ2) is 7.85. The molecule has 3 rings (SSSR count). The van der Waals surface area contributed by atoms with Gasteiger partial charge in [-0.3, -0.25) is 9.69 Å². The monoisotopic (exact) mass is 369 g/mol. The molecule has 1 amide bonds. The number of hydrogen-bond donors (Lipinski definition) is 0. The Bertz CT molecular complexity index is 817. The van der Waals surface area contributed by atoms with Gasteiger partial charge < -0.3 is 4.74 Å². The van der Waals surface area contributed by atoms with Crippen LogP contribution in [0.25, 0.3) is 6.08 Å². The van der Waals surface area contributed by atoms with E-state index in [-0.39, 0.29) is 11.9 Å². The highest BCUT2D eigenvalue weighted by atomic mass is 32.2. The summed E-state index contributed by atoms with van der Waals surface area (Å²) in [5, 5.41) is 0. The van der Waals surface area contributed by atoms with Crippen LogP contribution in [0, 0.1) is 0 Å². The lowest BCUT2D eigenvalue weighted by Crippen LogP contribution is -2.30. The third kappa shape index (κ3) is 3.78. The van der Waals surface area contributed by atoms with Crippen molar-refractivity contribution in [3.05, 3.63) is 70.6 Å². The zero-order valence-corrected chi connectivity index (χ0v) is 15.8. The third-order valence-electron chi connectivity index (χ3n) is 4.00. The molecule has 5 heteroatoms. The number of nitrogens with zero attached hydrogens (tertiary/aromatic N) is 1. The molecule has 0 saturated carbocycles. The Morgan fingerprint density at radius 2 is 1.84 bits per heavy atom. The van der Waals surface area contributed by atoms with Crippen LogP contribution in [0.1, 0.15) is 31.0 Å². The maximum absolute atomic E-state index is 12.9. The molecule has 25 heavy (non-hydrogen) atoms. The molecule has 1 fully saturated rings. The van der Waals surface area contributed by atoms with Gasteiger partial charge >= 0.3 is 0 Å². The average Bonchev–Trinajstić information content (AvgIpc) is 2.90. The maximum atomic E-state index is 12.9. The predicted octanol–water partition coefficient (Wildman–Crippen LogP) is 5.05. The Morgan fingerprint density at radius 1 is 1.16 bits per heavy atom. The summed E-state index contributed by atoms with van der Waals surface area (Å²) in [6.45, 7) is 4.52. The molecule has 2 aromatic carbocycles. The maximum Gasteiger partial charge on any atom is 0.266 e. The number of rotatable bonds is 5. The Hall–Kier alpha value is -2.11. The first-order valence-electron chi connectivity index (χ1n) is 8.15. The van der Waals surface area contributed by atoms with E-state index < -0.39 is 0 Å². The third-order valence-corrected chi connectivity index (χ3v) is 5.33. The zero-order chi connectivity index (χ0) is 17.8. The van der Waals surface area contributed by atoms with Crippen molar-refractivity contribution in [1.29, 1.82) is 0 Å². The van der Waals surface area contributed by atoms with Gasteiger partial charge in [0.2, 0.25) is 0 Å². The SMILES string of the molecule is CCOc1ccccc1/C=C1\SC(=S)N([C@@H](C)c2ccccc2)C1=O. The van der Waals surface area contributed by atoms with Crippen molar-refractivity contribution in [1.82, 2.24) is 4.90 Å².